The molecule has 0 aliphatic carbocycles. The van der Waals surface area contributed by atoms with E-state index in [2.05, 4.69) is 74.9 Å². The molecule has 0 aromatic rings. The molecule has 0 saturated carbocycles. The molecule has 0 aromatic carbocycles. The molecular formula is C22H47B. The van der Waals surface area contributed by atoms with Crippen LogP contribution in [0.3, 0.4) is 0 Å². The van der Waals surface area contributed by atoms with Crippen molar-refractivity contribution in [1.82, 2.24) is 0 Å². The molecule has 0 spiro atoms. The first-order valence-corrected chi connectivity index (χ1v) is 9.98. The monoisotopic (exact) mass is 322 g/mol. The minimum absolute atomic E-state index is 0.659. The third-order valence-electron chi connectivity index (χ3n) is 3.46. The van der Waals surface area contributed by atoms with Gasteiger partial charge in [0.25, 0.3) is 0 Å². The molecule has 0 fully saturated rings. The van der Waals surface area contributed by atoms with Crippen molar-refractivity contribution in [3.05, 3.63) is 12.7 Å². The normalized spacial score (nSPS) is 11.9. The molecule has 0 nitrogen and oxygen atoms in total. The number of hydrogen-bond donors (Lipinski definition) is 0. The molecular weight excluding hydrogens is 275 g/mol. The maximum Gasteiger partial charge on any atom is -0.0438 e. The maximum absolute atomic E-state index is 3.75. The van der Waals surface area contributed by atoms with Gasteiger partial charge in [0.2, 0.25) is 0 Å². The van der Waals surface area contributed by atoms with Gasteiger partial charge < -0.3 is 0 Å². The first-order valence-electron chi connectivity index (χ1n) is 9.98. The minimum atomic E-state index is 0.659. The van der Waals surface area contributed by atoms with Crippen LogP contribution in [0.1, 0.15) is 94.9 Å². The zero-order chi connectivity index (χ0) is 18.8. The van der Waals surface area contributed by atoms with Crippen LogP contribution in [0.25, 0.3) is 0 Å². The van der Waals surface area contributed by atoms with Gasteiger partial charge in [0, 0.05) is 0 Å². The average Bonchev–Trinajstić information content (AvgIpc) is 2.44. The van der Waals surface area contributed by atoms with E-state index >= 15 is 0 Å². The van der Waals surface area contributed by atoms with E-state index in [1.54, 1.807) is 0 Å². The molecule has 0 aromatic heterocycles. The van der Waals surface area contributed by atoms with Crippen molar-refractivity contribution >= 4 is 12.9 Å². The van der Waals surface area contributed by atoms with Gasteiger partial charge in [0.05, 0.1) is 0 Å². The topological polar surface area (TPSA) is 0 Å². The molecule has 0 amide bonds. The molecule has 138 valence electrons. The van der Waals surface area contributed by atoms with Crippen molar-refractivity contribution in [2.45, 2.75) is 101 Å². The summed E-state index contributed by atoms with van der Waals surface area (Å²) in [7, 11) is 0. The van der Waals surface area contributed by atoms with Crippen LogP contribution in [0.4, 0.5) is 0 Å². The molecule has 1 heteroatoms. The van der Waals surface area contributed by atoms with Crippen LogP contribution in [-0.2, 0) is 0 Å². The average molecular weight is 322 g/mol. The second-order valence-corrected chi connectivity index (χ2v) is 7.83. The molecule has 0 N–H and O–H groups in total. The number of rotatable bonds is 9. The van der Waals surface area contributed by atoms with Crippen LogP contribution in [0.2, 0.25) is 5.82 Å². The second-order valence-electron chi connectivity index (χ2n) is 7.83. The molecule has 0 radical (unpaired) electrons. The van der Waals surface area contributed by atoms with Crippen molar-refractivity contribution in [3.8, 4) is 0 Å². The van der Waals surface area contributed by atoms with Gasteiger partial charge in [-0.2, -0.15) is 0 Å². The van der Waals surface area contributed by atoms with Crippen molar-refractivity contribution in [2.75, 3.05) is 0 Å². The first kappa shape index (κ1) is 27.5. The Bertz CT molecular complexity index is 241. The van der Waals surface area contributed by atoms with Gasteiger partial charge in [0.1, 0.15) is 0 Å². The Morgan fingerprint density at radius 1 is 0.826 bits per heavy atom. The fourth-order valence-corrected chi connectivity index (χ4v) is 2.55. The largest absolute Gasteiger partial charge is 0.0683 e. The zero-order valence-corrected chi connectivity index (χ0v) is 18.2. The van der Waals surface area contributed by atoms with Gasteiger partial charge in [-0.15, -0.1) is 0 Å². The molecule has 0 aliphatic heterocycles. The predicted octanol–water partition coefficient (Wildman–Crippen LogP) is 7.66. The summed E-state index contributed by atoms with van der Waals surface area (Å²) < 4.78 is 0. The standard InChI is InChI=1S/C10H19B.C10H22.C2H6/c1-5-10(4)7-6-8-11-9(2)3;1-8(2)6-10(5)7-9(3)4;1-2/h5,8-10H,1,6-7H2,2-4H3;8-10H,6-7H2,1-5H3;1-2H3. The molecule has 0 heterocycles. The first-order chi connectivity index (χ1) is 10.7. The Morgan fingerprint density at radius 2 is 1.26 bits per heavy atom. The summed E-state index contributed by atoms with van der Waals surface area (Å²) in [6, 6.07) is 0. The summed E-state index contributed by atoms with van der Waals surface area (Å²) in [5.74, 6) is 6.27. The summed E-state index contributed by atoms with van der Waals surface area (Å²) >= 11 is 0. The summed E-state index contributed by atoms with van der Waals surface area (Å²) in [5, 5.41) is 0. The van der Waals surface area contributed by atoms with Gasteiger partial charge >= 0.3 is 70.9 Å². The Morgan fingerprint density at radius 3 is 1.57 bits per heavy atom. The summed E-state index contributed by atoms with van der Waals surface area (Å²) in [4.78, 5) is 0. The van der Waals surface area contributed by atoms with E-state index in [0.29, 0.717) is 11.7 Å². The van der Waals surface area contributed by atoms with Crippen LogP contribution in [0, 0.1) is 23.7 Å². The Balaban J connectivity index is -0.000000315. The second kappa shape index (κ2) is 19.7. The van der Waals surface area contributed by atoms with E-state index in [-0.39, 0.29) is 0 Å². The quantitative estimate of drug-likeness (QED) is 0.302. The van der Waals surface area contributed by atoms with Gasteiger partial charge in [-0.25, -0.2) is 0 Å². The maximum atomic E-state index is 3.75. The van der Waals surface area contributed by atoms with Gasteiger partial charge in [0.15, 0.2) is 0 Å². The Hall–Kier alpha value is -0.325. The van der Waals surface area contributed by atoms with Crippen molar-refractivity contribution in [3.63, 3.8) is 0 Å². The van der Waals surface area contributed by atoms with E-state index in [4.69, 9.17) is 0 Å². The molecule has 0 saturated heterocycles. The van der Waals surface area contributed by atoms with E-state index < -0.39 is 0 Å². The van der Waals surface area contributed by atoms with E-state index in [0.717, 1.165) is 17.8 Å². The smallest absolute Gasteiger partial charge is 0.0438 e. The van der Waals surface area contributed by atoms with Crippen molar-refractivity contribution in [1.29, 1.82) is 0 Å². The summed E-state index contributed by atoms with van der Waals surface area (Å²) in [6.07, 6.45) is 7.21. The summed E-state index contributed by atoms with van der Waals surface area (Å²) in [6.45, 7) is 28.2. The van der Waals surface area contributed by atoms with Crippen molar-refractivity contribution < 1.29 is 0 Å². The predicted molar refractivity (Wildman–Crippen MR) is 115 cm³/mol. The van der Waals surface area contributed by atoms with Gasteiger partial charge in [-0.3, -0.25) is 0 Å². The van der Waals surface area contributed by atoms with Crippen LogP contribution >= 0.6 is 0 Å². The molecule has 1 atom stereocenters. The Kier molecular flexibility index (Phi) is 23.6. The fraction of sp³-hybridized carbons (Fsp3) is 0.864. The molecule has 23 heavy (non-hydrogen) atoms. The molecule has 0 rings (SSSR count). The van der Waals surface area contributed by atoms with E-state index in [1.807, 2.05) is 19.9 Å². The molecule has 0 bridgehead atoms. The molecule has 1 unspecified atom stereocenters. The molecule has 0 aliphatic rings. The zero-order valence-electron chi connectivity index (χ0n) is 18.2. The summed E-state index contributed by atoms with van der Waals surface area (Å²) in [5.41, 5.74) is 0. The van der Waals surface area contributed by atoms with Crippen LogP contribution in [-0.4, -0.2) is 12.9 Å². The van der Waals surface area contributed by atoms with Crippen LogP contribution in [0.5, 0.6) is 0 Å². The number of allylic oxidation sites excluding steroid dienone is 1. The Labute approximate surface area is 150 Å². The third-order valence-corrected chi connectivity index (χ3v) is 3.46. The fourth-order valence-electron chi connectivity index (χ4n) is 2.55. The van der Waals surface area contributed by atoms with Gasteiger partial charge in [-0.05, 0) is 30.6 Å². The number of hydrogen-bond acceptors (Lipinski definition) is 0. The van der Waals surface area contributed by atoms with Crippen LogP contribution in [0.15, 0.2) is 12.7 Å². The van der Waals surface area contributed by atoms with Crippen LogP contribution < -0.4 is 0 Å². The minimum Gasteiger partial charge on any atom is -0.0683 e. The van der Waals surface area contributed by atoms with E-state index in [1.165, 1.54) is 25.7 Å². The van der Waals surface area contributed by atoms with Crippen molar-refractivity contribution in [2.24, 2.45) is 23.7 Å². The third kappa shape index (κ3) is 30.2. The SMILES string of the molecule is C=CC(C)CCC=BC(C)C.CC.CC(C)CC(C)CC(C)C. The van der Waals surface area contributed by atoms with Gasteiger partial charge in [-0.1, -0.05) is 48.5 Å². The van der Waals surface area contributed by atoms with E-state index in [9.17, 15) is 0 Å².